The normalized spacial score (nSPS) is 15.7. The zero-order chi connectivity index (χ0) is 28.7. The van der Waals surface area contributed by atoms with Gasteiger partial charge in [-0.1, -0.05) is 40.5 Å². The van der Waals surface area contributed by atoms with E-state index in [0.717, 1.165) is 0 Å². The van der Waals surface area contributed by atoms with Gasteiger partial charge in [-0.15, -0.1) is 0 Å². The van der Waals surface area contributed by atoms with Crippen LogP contribution in [-0.2, 0) is 24.0 Å². The van der Waals surface area contributed by atoms with Crippen molar-refractivity contribution in [3.8, 4) is 0 Å². The number of carboxylic acid groups (broad SMARTS) is 1. The molecule has 212 valence electrons. The minimum atomic E-state index is -1.39. The van der Waals surface area contributed by atoms with E-state index in [1.807, 2.05) is 20.8 Å². The number of hydrogen-bond donors (Lipinski definition) is 8. The summed E-state index contributed by atoms with van der Waals surface area (Å²) >= 11 is 0. The van der Waals surface area contributed by atoms with Gasteiger partial charge >= 0.3 is 5.97 Å². The van der Waals surface area contributed by atoms with Crippen molar-refractivity contribution in [2.24, 2.45) is 39.8 Å². The Bertz CT molecular complexity index is 817. The average molecular weight is 529 g/mol. The lowest BCUT2D eigenvalue weighted by molar-refractivity contribution is -0.142. The number of carboxylic acids is 1. The summed E-state index contributed by atoms with van der Waals surface area (Å²) in [6.45, 7) is 7.52. The fourth-order valence-corrected chi connectivity index (χ4v) is 3.31. The van der Waals surface area contributed by atoms with Gasteiger partial charge in [0.25, 0.3) is 0 Å². The fourth-order valence-electron chi connectivity index (χ4n) is 3.31. The molecule has 0 radical (unpaired) electrons. The van der Waals surface area contributed by atoms with E-state index in [-0.39, 0.29) is 50.0 Å². The van der Waals surface area contributed by atoms with Crippen LogP contribution in [0.25, 0.3) is 0 Å². The summed E-state index contributed by atoms with van der Waals surface area (Å²) < 4.78 is 0. The number of carbonyl (C=O) groups is 5. The van der Waals surface area contributed by atoms with Gasteiger partial charge in [0.2, 0.25) is 23.6 Å². The summed E-state index contributed by atoms with van der Waals surface area (Å²) in [5, 5.41) is 17.1. The zero-order valence-corrected chi connectivity index (χ0v) is 22.2. The van der Waals surface area contributed by atoms with E-state index in [9.17, 15) is 29.1 Å². The van der Waals surface area contributed by atoms with Crippen molar-refractivity contribution in [1.82, 2.24) is 16.0 Å². The first-order valence-corrected chi connectivity index (χ1v) is 12.5. The van der Waals surface area contributed by atoms with Crippen LogP contribution in [0.5, 0.6) is 0 Å². The highest BCUT2D eigenvalue weighted by Gasteiger charge is 2.33. The van der Waals surface area contributed by atoms with Gasteiger partial charge in [0.05, 0.1) is 6.04 Å². The maximum absolute atomic E-state index is 13.2. The van der Waals surface area contributed by atoms with Gasteiger partial charge < -0.3 is 44.0 Å². The van der Waals surface area contributed by atoms with Gasteiger partial charge in [-0.2, -0.15) is 0 Å². The zero-order valence-electron chi connectivity index (χ0n) is 22.2. The second-order valence-electron chi connectivity index (χ2n) is 9.20. The number of aliphatic imine (C=N–C) groups is 1. The number of aliphatic carboxylic acids is 1. The maximum Gasteiger partial charge on any atom is 0.326 e. The Hall–Kier alpha value is -3.42. The Labute approximate surface area is 217 Å². The average Bonchev–Trinajstić information content (AvgIpc) is 2.84. The molecule has 0 fully saturated rings. The van der Waals surface area contributed by atoms with Crippen molar-refractivity contribution in [1.29, 1.82) is 0 Å². The minimum absolute atomic E-state index is 0.0735. The van der Waals surface area contributed by atoms with Gasteiger partial charge in [0, 0.05) is 13.0 Å². The summed E-state index contributed by atoms with van der Waals surface area (Å²) in [6, 6.07) is -4.35. The molecule has 0 aliphatic rings. The van der Waals surface area contributed by atoms with Crippen LogP contribution in [0, 0.1) is 11.8 Å². The quantitative estimate of drug-likeness (QED) is 0.0569. The molecule has 0 aromatic carbocycles. The number of guanidine groups is 1. The van der Waals surface area contributed by atoms with Gasteiger partial charge in [0.1, 0.15) is 18.1 Å². The maximum atomic E-state index is 13.2. The second kappa shape index (κ2) is 17.1. The Morgan fingerprint density at radius 1 is 0.811 bits per heavy atom. The third-order valence-corrected chi connectivity index (χ3v) is 6.23. The Morgan fingerprint density at radius 2 is 1.38 bits per heavy atom. The van der Waals surface area contributed by atoms with Crippen molar-refractivity contribution in [2.45, 2.75) is 90.4 Å². The number of rotatable bonds is 18. The van der Waals surface area contributed by atoms with Crippen molar-refractivity contribution >= 4 is 35.6 Å². The van der Waals surface area contributed by atoms with E-state index in [2.05, 4.69) is 20.9 Å². The molecule has 4 amide bonds. The summed E-state index contributed by atoms with van der Waals surface area (Å²) in [5.74, 6) is -4.50. The highest BCUT2D eigenvalue weighted by molar-refractivity contribution is 5.94. The molecule has 6 atom stereocenters. The molecule has 0 saturated heterocycles. The first-order chi connectivity index (χ1) is 17.2. The fraction of sp³-hybridized carbons (Fsp3) is 0.739. The van der Waals surface area contributed by atoms with Crippen LogP contribution >= 0.6 is 0 Å². The van der Waals surface area contributed by atoms with Crippen LogP contribution in [0.1, 0.15) is 66.2 Å². The number of carbonyl (C=O) groups excluding carboxylic acids is 4. The lowest BCUT2D eigenvalue weighted by Crippen LogP contribution is -2.59. The third-order valence-electron chi connectivity index (χ3n) is 6.23. The number of nitrogens with two attached hydrogens (primary N) is 4. The molecule has 6 unspecified atom stereocenters. The van der Waals surface area contributed by atoms with Crippen LogP contribution in [-0.4, -0.2) is 71.4 Å². The number of amides is 4. The van der Waals surface area contributed by atoms with Crippen molar-refractivity contribution in [3.63, 3.8) is 0 Å². The lowest BCUT2D eigenvalue weighted by Gasteiger charge is -2.28. The van der Waals surface area contributed by atoms with E-state index in [0.29, 0.717) is 12.8 Å². The number of nitrogens with zero attached hydrogens (tertiary/aromatic N) is 1. The molecule has 0 aliphatic carbocycles. The van der Waals surface area contributed by atoms with Crippen LogP contribution < -0.4 is 38.9 Å². The van der Waals surface area contributed by atoms with Gasteiger partial charge in [-0.05, 0) is 31.1 Å². The molecule has 0 aliphatic heterocycles. The van der Waals surface area contributed by atoms with Crippen LogP contribution in [0.2, 0.25) is 0 Å². The van der Waals surface area contributed by atoms with Gasteiger partial charge in [-0.3, -0.25) is 24.2 Å². The SMILES string of the molecule is CCC(C)C(N)C(=O)NC(C(=O)NC(CCCN=C(N)N)C(=O)NC(CCC(N)=O)C(=O)O)C(C)CC. The molecule has 0 saturated carbocycles. The third kappa shape index (κ3) is 12.9. The number of primary amides is 1. The second-order valence-corrected chi connectivity index (χ2v) is 9.20. The van der Waals surface area contributed by atoms with Crippen LogP contribution in [0.15, 0.2) is 4.99 Å². The predicted molar refractivity (Wildman–Crippen MR) is 139 cm³/mol. The molecular formula is C23H44N8O6. The van der Waals surface area contributed by atoms with Crippen LogP contribution in [0.4, 0.5) is 0 Å². The van der Waals surface area contributed by atoms with E-state index < -0.39 is 53.8 Å². The summed E-state index contributed by atoms with van der Waals surface area (Å²) in [6.07, 6.45) is 1.11. The van der Waals surface area contributed by atoms with Crippen molar-refractivity contribution < 1.29 is 29.1 Å². The molecule has 37 heavy (non-hydrogen) atoms. The monoisotopic (exact) mass is 528 g/mol. The molecule has 12 N–H and O–H groups in total. The lowest BCUT2D eigenvalue weighted by atomic mass is 9.95. The van der Waals surface area contributed by atoms with E-state index in [4.69, 9.17) is 22.9 Å². The first kappa shape index (κ1) is 33.6. The van der Waals surface area contributed by atoms with E-state index in [1.165, 1.54) is 0 Å². The molecule has 0 rings (SSSR count). The highest BCUT2D eigenvalue weighted by Crippen LogP contribution is 2.12. The number of nitrogens with one attached hydrogen (secondary N) is 3. The highest BCUT2D eigenvalue weighted by atomic mass is 16.4. The van der Waals surface area contributed by atoms with Crippen LogP contribution in [0.3, 0.4) is 0 Å². The summed E-state index contributed by atoms with van der Waals surface area (Å²) in [5.41, 5.74) is 21.8. The predicted octanol–water partition coefficient (Wildman–Crippen LogP) is -1.74. The first-order valence-electron chi connectivity index (χ1n) is 12.5. The Kier molecular flexibility index (Phi) is 15.5. The topological polar surface area (TPSA) is 258 Å². The Morgan fingerprint density at radius 3 is 1.86 bits per heavy atom. The summed E-state index contributed by atoms with van der Waals surface area (Å²) in [4.78, 5) is 65.4. The standard InChI is InChI=1S/C23H44N8O6/c1-5-12(3)17(25)20(34)31-18(13(4)6-2)21(35)29-14(8-7-11-28-23(26)27)19(33)30-15(22(36)37)9-10-16(24)32/h12-15,17-18H,5-11,25H2,1-4H3,(H2,24,32)(H,29,35)(H,30,33)(H,31,34)(H,36,37)(H4,26,27,28). The smallest absolute Gasteiger partial charge is 0.326 e. The van der Waals surface area contributed by atoms with E-state index in [1.54, 1.807) is 6.92 Å². The molecule has 0 aromatic rings. The van der Waals surface area contributed by atoms with Crippen molar-refractivity contribution in [2.75, 3.05) is 6.54 Å². The van der Waals surface area contributed by atoms with Gasteiger partial charge in [-0.25, -0.2) is 4.79 Å². The molecular weight excluding hydrogens is 484 g/mol. The van der Waals surface area contributed by atoms with Gasteiger partial charge in [0.15, 0.2) is 5.96 Å². The molecule has 0 bridgehead atoms. The number of hydrogen-bond acceptors (Lipinski definition) is 7. The Balaban J connectivity index is 5.74. The van der Waals surface area contributed by atoms with E-state index >= 15 is 0 Å². The molecule has 0 heterocycles. The minimum Gasteiger partial charge on any atom is -0.480 e. The molecule has 14 heteroatoms. The molecule has 0 aromatic heterocycles. The largest absolute Gasteiger partial charge is 0.480 e. The molecule has 0 spiro atoms. The molecule has 14 nitrogen and oxygen atoms in total. The summed E-state index contributed by atoms with van der Waals surface area (Å²) in [7, 11) is 0. The van der Waals surface area contributed by atoms with Crippen molar-refractivity contribution in [3.05, 3.63) is 0 Å².